The van der Waals surface area contributed by atoms with Gasteiger partial charge >= 0.3 is 0 Å². The highest BCUT2D eigenvalue weighted by molar-refractivity contribution is 9.10. The summed E-state index contributed by atoms with van der Waals surface area (Å²) in [4.78, 5) is 4.41. The van der Waals surface area contributed by atoms with Gasteiger partial charge in [0.25, 0.3) is 0 Å². The summed E-state index contributed by atoms with van der Waals surface area (Å²) < 4.78 is 1.03. The van der Waals surface area contributed by atoms with Crippen LogP contribution >= 0.6 is 15.9 Å². The minimum atomic E-state index is 0.549. The van der Waals surface area contributed by atoms with Crippen molar-refractivity contribution in [2.75, 3.05) is 12.4 Å². The maximum Gasteiger partial charge on any atom is 0.144 e. The first-order chi connectivity index (χ1) is 8.24. The van der Waals surface area contributed by atoms with Gasteiger partial charge in [0.15, 0.2) is 0 Å². The lowest BCUT2D eigenvalue weighted by Crippen LogP contribution is -1.97. The summed E-state index contributed by atoms with van der Waals surface area (Å²) in [7, 11) is 1.76. The second kappa shape index (κ2) is 4.98. The van der Waals surface area contributed by atoms with Crippen molar-refractivity contribution in [3.05, 3.63) is 46.4 Å². The van der Waals surface area contributed by atoms with Crippen LogP contribution in [0.4, 0.5) is 5.82 Å². The van der Waals surface area contributed by atoms with E-state index in [0.717, 1.165) is 15.7 Å². The Labute approximate surface area is 108 Å². The van der Waals surface area contributed by atoms with Gasteiger partial charge < -0.3 is 5.32 Å². The van der Waals surface area contributed by atoms with E-state index >= 15 is 0 Å². The minimum Gasteiger partial charge on any atom is -0.372 e. The number of nitrogens with zero attached hydrogens (tertiary/aromatic N) is 2. The molecule has 1 aromatic heterocycles. The number of hydrogen-bond donors (Lipinski definition) is 1. The molecule has 84 valence electrons. The number of pyridine rings is 1. The Kier molecular flexibility index (Phi) is 3.40. The summed E-state index contributed by atoms with van der Waals surface area (Å²) in [5.41, 5.74) is 2.42. The second-order valence-corrected chi connectivity index (χ2v) is 4.38. The first-order valence-electron chi connectivity index (χ1n) is 5.09. The standard InChI is InChI=1S/C13H10BrN3/c1-16-13-10(8-15)4-7-12(17-13)9-2-5-11(14)6-3-9/h2-7H,1H3,(H,16,17). The van der Waals surface area contributed by atoms with Crippen LogP contribution in [0.2, 0.25) is 0 Å². The molecule has 4 heteroatoms. The first kappa shape index (κ1) is 11.6. The maximum absolute atomic E-state index is 8.91. The summed E-state index contributed by atoms with van der Waals surface area (Å²) in [5.74, 6) is 0.605. The Bertz CT molecular complexity index is 570. The molecule has 0 aliphatic rings. The average molecular weight is 288 g/mol. The molecule has 1 N–H and O–H groups in total. The van der Waals surface area contributed by atoms with Gasteiger partial charge in [0.2, 0.25) is 0 Å². The molecule has 2 aromatic rings. The van der Waals surface area contributed by atoms with E-state index in [1.165, 1.54) is 0 Å². The number of nitrogens with one attached hydrogen (secondary N) is 1. The SMILES string of the molecule is CNc1nc(-c2ccc(Br)cc2)ccc1C#N. The largest absolute Gasteiger partial charge is 0.372 e. The zero-order chi connectivity index (χ0) is 12.3. The highest BCUT2D eigenvalue weighted by Gasteiger charge is 2.05. The molecule has 1 heterocycles. The molecule has 0 radical (unpaired) electrons. The monoisotopic (exact) mass is 287 g/mol. The molecule has 0 spiro atoms. The molecule has 2 rings (SSSR count). The predicted octanol–water partition coefficient (Wildman–Crippen LogP) is 3.42. The quantitative estimate of drug-likeness (QED) is 0.921. The van der Waals surface area contributed by atoms with Gasteiger partial charge in [-0.25, -0.2) is 4.98 Å². The number of benzene rings is 1. The summed E-state index contributed by atoms with van der Waals surface area (Å²) in [6.07, 6.45) is 0. The third-order valence-electron chi connectivity index (χ3n) is 2.39. The van der Waals surface area contributed by atoms with Gasteiger partial charge in [-0.1, -0.05) is 28.1 Å². The zero-order valence-corrected chi connectivity index (χ0v) is 10.8. The lowest BCUT2D eigenvalue weighted by atomic mass is 10.1. The van der Waals surface area contributed by atoms with E-state index in [1.807, 2.05) is 30.3 Å². The minimum absolute atomic E-state index is 0.549. The van der Waals surface area contributed by atoms with Crippen molar-refractivity contribution in [1.29, 1.82) is 5.26 Å². The van der Waals surface area contributed by atoms with E-state index in [2.05, 4.69) is 32.3 Å². The first-order valence-corrected chi connectivity index (χ1v) is 5.88. The molecule has 0 saturated carbocycles. The number of anilines is 1. The van der Waals surface area contributed by atoms with Crippen LogP contribution in [0.15, 0.2) is 40.9 Å². The smallest absolute Gasteiger partial charge is 0.144 e. The normalized spacial score (nSPS) is 9.71. The molecule has 0 fully saturated rings. The molecular weight excluding hydrogens is 278 g/mol. The second-order valence-electron chi connectivity index (χ2n) is 3.46. The molecule has 3 nitrogen and oxygen atoms in total. The van der Waals surface area contributed by atoms with E-state index in [1.54, 1.807) is 13.1 Å². The van der Waals surface area contributed by atoms with Crippen molar-refractivity contribution < 1.29 is 0 Å². The van der Waals surface area contributed by atoms with Crippen molar-refractivity contribution in [1.82, 2.24) is 4.98 Å². The number of halogens is 1. The van der Waals surface area contributed by atoms with Gasteiger partial charge in [-0.3, -0.25) is 0 Å². The molecular formula is C13H10BrN3. The van der Waals surface area contributed by atoms with Gasteiger partial charge in [0, 0.05) is 17.1 Å². The van der Waals surface area contributed by atoms with Crippen LogP contribution in [-0.2, 0) is 0 Å². The lowest BCUT2D eigenvalue weighted by Gasteiger charge is -2.06. The summed E-state index contributed by atoms with van der Waals surface area (Å²) in [5, 5.41) is 11.8. The molecule has 1 aromatic carbocycles. The van der Waals surface area contributed by atoms with E-state index in [9.17, 15) is 0 Å². The number of aromatic nitrogens is 1. The highest BCUT2D eigenvalue weighted by atomic mass is 79.9. The number of rotatable bonds is 2. The van der Waals surface area contributed by atoms with Gasteiger partial charge in [-0.05, 0) is 24.3 Å². The fourth-order valence-electron chi connectivity index (χ4n) is 1.52. The Morgan fingerprint density at radius 2 is 1.88 bits per heavy atom. The van der Waals surface area contributed by atoms with Gasteiger partial charge in [-0.2, -0.15) is 5.26 Å². The van der Waals surface area contributed by atoms with Crippen LogP contribution in [0.5, 0.6) is 0 Å². The van der Waals surface area contributed by atoms with Crippen LogP contribution in [-0.4, -0.2) is 12.0 Å². The maximum atomic E-state index is 8.91. The van der Waals surface area contributed by atoms with Crippen LogP contribution < -0.4 is 5.32 Å². The molecule has 0 atom stereocenters. The molecule has 17 heavy (non-hydrogen) atoms. The van der Waals surface area contributed by atoms with E-state index < -0.39 is 0 Å². The molecule has 0 saturated heterocycles. The van der Waals surface area contributed by atoms with Crippen molar-refractivity contribution in [2.24, 2.45) is 0 Å². The summed E-state index contributed by atoms with van der Waals surface area (Å²) in [6.45, 7) is 0. The van der Waals surface area contributed by atoms with Crippen molar-refractivity contribution in [3.63, 3.8) is 0 Å². The molecule has 0 unspecified atom stereocenters. The van der Waals surface area contributed by atoms with Crippen molar-refractivity contribution in [3.8, 4) is 17.3 Å². The van der Waals surface area contributed by atoms with Gasteiger partial charge in [0.05, 0.1) is 11.3 Å². The van der Waals surface area contributed by atoms with E-state index in [0.29, 0.717) is 11.4 Å². The van der Waals surface area contributed by atoms with E-state index in [4.69, 9.17) is 5.26 Å². The van der Waals surface area contributed by atoms with Gasteiger partial charge in [0.1, 0.15) is 11.9 Å². The summed E-state index contributed by atoms with van der Waals surface area (Å²) >= 11 is 3.39. The third kappa shape index (κ3) is 2.45. The van der Waals surface area contributed by atoms with E-state index in [-0.39, 0.29) is 0 Å². The molecule has 0 amide bonds. The van der Waals surface area contributed by atoms with Crippen LogP contribution in [0.1, 0.15) is 5.56 Å². The fraction of sp³-hybridized carbons (Fsp3) is 0.0769. The molecule has 0 bridgehead atoms. The molecule has 0 aliphatic carbocycles. The Balaban J connectivity index is 2.47. The Morgan fingerprint density at radius 3 is 2.47 bits per heavy atom. The number of hydrogen-bond acceptors (Lipinski definition) is 3. The third-order valence-corrected chi connectivity index (χ3v) is 2.92. The highest BCUT2D eigenvalue weighted by Crippen LogP contribution is 2.22. The van der Waals surface area contributed by atoms with Crippen molar-refractivity contribution in [2.45, 2.75) is 0 Å². The summed E-state index contributed by atoms with van der Waals surface area (Å²) in [6, 6.07) is 13.6. The lowest BCUT2D eigenvalue weighted by molar-refractivity contribution is 1.27. The van der Waals surface area contributed by atoms with Crippen LogP contribution in [0.25, 0.3) is 11.3 Å². The predicted molar refractivity (Wildman–Crippen MR) is 71.6 cm³/mol. The molecule has 0 aliphatic heterocycles. The number of nitriles is 1. The van der Waals surface area contributed by atoms with Crippen molar-refractivity contribution >= 4 is 21.7 Å². The van der Waals surface area contributed by atoms with Crippen LogP contribution in [0, 0.1) is 11.3 Å². The van der Waals surface area contributed by atoms with Crippen LogP contribution in [0.3, 0.4) is 0 Å². The Hall–Kier alpha value is -1.86. The average Bonchev–Trinajstić information content (AvgIpc) is 2.39. The fourth-order valence-corrected chi connectivity index (χ4v) is 1.79. The van der Waals surface area contributed by atoms with Gasteiger partial charge in [-0.15, -0.1) is 0 Å². The zero-order valence-electron chi connectivity index (χ0n) is 9.24. The topological polar surface area (TPSA) is 48.7 Å². The Morgan fingerprint density at radius 1 is 1.18 bits per heavy atom.